The van der Waals surface area contributed by atoms with E-state index in [9.17, 15) is 4.79 Å². The minimum atomic E-state index is -0.787. The van der Waals surface area contributed by atoms with Crippen LogP contribution in [0.4, 0.5) is 5.69 Å². The van der Waals surface area contributed by atoms with E-state index < -0.39 is 5.60 Å². The van der Waals surface area contributed by atoms with Crippen LogP contribution in [0.15, 0.2) is 24.3 Å². The van der Waals surface area contributed by atoms with Crippen LogP contribution in [0.2, 0.25) is 0 Å². The fourth-order valence-electron chi connectivity index (χ4n) is 3.89. The van der Waals surface area contributed by atoms with Crippen LogP contribution in [0, 0.1) is 0 Å². The number of hydrogen-bond donors (Lipinski definition) is 1. The van der Waals surface area contributed by atoms with Crippen molar-refractivity contribution >= 4 is 11.6 Å². The summed E-state index contributed by atoms with van der Waals surface area (Å²) in [6, 6.07) is 8.30. The standard InChI is InChI=1S/C23H38N2O3/c1-5-15-23(4,28-6-2)22(26)24-20-11-13-21(14-12-20)27-18-9-17-25-16-8-7-10-19(25)3/h11-14,19H,5-10,15-18H2,1-4H3,(H,24,26). The quantitative estimate of drug-likeness (QED) is 0.548. The molecule has 1 aliphatic heterocycles. The average molecular weight is 391 g/mol. The lowest BCUT2D eigenvalue weighted by Crippen LogP contribution is -2.42. The molecule has 1 saturated heterocycles. The minimum Gasteiger partial charge on any atom is -0.494 e. The van der Waals surface area contributed by atoms with Crippen LogP contribution in [0.5, 0.6) is 5.75 Å². The molecule has 0 aromatic heterocycles. The first-order valence-corrected chi connectivity index (χ1v) is 10.9. The molecule has 1 N–H and O–H groups in total. The first kappa shape index (κ1) is 22.7. The molecular weight excluding hydrogens is 352 g/mol. The Kier molecular flexibility index (Phi) is 9.26. The van der Waals surface area contributed by atoms with Gasteiger partial charge in [-0.15, -0.1) is 0 Å². The molecule has 1 heterocycles. The van der Waals surface area contributed by atoms with Crippen molar-refractivity contribution in [2.45, 2.75) is 77.9 Å². The molecule has 1 aliphatic rings. The van der Waals surface area contributed by atoms with Gasteiger partial charge in [0, 0.05) is 24.9 Å². The Labute approximate surface area is 170 Å². The van der Waals surface area contributed by atoms with E-state index in [-0.39, 0.29) is 5.91 Å². The summed E-state index contributed by atoms with van der Waals surface area (Å²) < 4.78 is 11.6. The SMILES string of the molecule is CCCC(C)(OCC)C(=O)Nc1ccc(OCCCN2CCCCC2C)cc1. The summed E-state index contributed by atoms with van der Waals surface area (Å²) in [7, 11) is 0. The molecule has 1 amide bonds. The molecule has 2 rings (SSSR count). The average Bonchev–Trinajstić information content (AvgIpc) is 2.68. The predicted molar refractivity (Wildman–Crippen MR) is 115 cm³/mol. The van der Waals surface area contributed by atoms with Gasteiger partial charge in [0.25, 0.3) is 5.91 Å². The highest BCUT2D eigenvalue weighted by Gasteiger charge is 2.32. The third-order valence-electron chi connectivity index (χ3n) is 5.58. The number of likely N-dealkylation sites (tertiary alicyclic amines) is 1. The molecule has 5 heteroatoms. The minimum absolute atomic E-state index is 0.0967. The molecule has 0 spiro atoms. The van der Waals surface area contributed by atoms with Gasteiger partial charge in [-0.05, 0) is 77.3 Å². The van der Waals surface area contributed by atoms with E-state index in [1.54, 1.807) is 0 Å². The number of carbonyl (C=O) groups excluding carboxylic acids is 1. The number of nitrogens with one attached hydrogen (secondary N) is 1. The number of benzene rings is 1. The van der Waals surface area contributed by atoms with Gasteiger partial charge in [-0.25, -0.2) is 0 Å². The summed E-state index contributed by atoms with van der Waals surface area (Å²) in [5.74, 6) is 0.742. The zero-order chi connectivity index (χ0) is 20.4. The molecule has 0 aliphatic carbocycles. The predicted octanol–water partition coefficient (Wildman–Crippen LogP) is 4.86. The van der Waals surface area contributed by atoms with Crippen molar-refractivity contribution in [3.05, 3.63) is 24.3 Å². The van der Waals surface area contributed by atoms with Crippen LogP contribution in [0.1, 0.15) is 66.2 Å². The zero-order valence-electron chi connectivity index (χ0n) is 18.1. The van der Waals surface area contributed by atoms with E-state index >= 15 is 0 Å². The van der Waals surface area contributed by atoms with Gasteiger partial charge in [0.05, 0.1) is 6.61 Å². The summed E-state index contributed by atoms with van der Waals surface area (Å²) in [4.78, 5) is 15.2. The molecule has 2 unspecified atom stereocenters. The molecule has 2 atom stereocenters. The molecule has 5 nitrogen and oxygen atoms in total. The van der Waals surface area contributed by atoms with Gasteiger partial charge in [0.1, 0.15) is 11.4 Å². The summed E-state index contributed by atoms with van der Waals surface area (Å²) in [5, 5.41) is 2.97. The van der Waals surface area contributed by atoms with Gasteiger partial charge in [-0.2, -0.15) is 0 Å². The van der Waals surface area contributed by atoms with Gasteiger partial charge in [0.15, 0.2) is 0 Å². The van der Waals surface area contributed by atoms with E-state index in [0.29, 0.717) is 25.7 Å². The van der Waals surface area contributed by atoms with Crippen molar-refractivity contribution in [1.29, 1.82) is 0 Å². The van der Waals surface area contributed by atoms with Gasteiger partial charge >= 0.3 is 0 Å². The lowest BCUT2D eigenvalue weighted by Gasteiger charge is -2.33. The number of carbonyl (C=O) groups is 1. The van der Waals surface area contributed by atoms with Crippen LogP contribution in [0.3, 0.4) is 0 Å². The molecule has 1 fully saturated rings. The molecule has 0 saturated carbocycles. The van der Waals surface area contributed by atoms with Crippen LogP contribution in [0.25, 0.3) is 0 Å². The highest BCUT2D eigenvalue weighted by Crippen LogP contribution is 2.22. The molecular formula is C23H38N2O3. The van der Waals surface area contributed by atoms with Gasteiger partial charge < -0.3 is 19.7 Å². The molecule has 1 aromatic rings. The van der Waals surface area contributed by atoms with E-state index in [4.69, 9.17) is 9.47 Å². The summed E-state index contributed by atoms with van der Waals surface area (Å²) in [6.45, 7) is 11.7. The second-order valence-electron chi connectivity index (χ2n) is 7.98. The van der Waals surface area contributed by atoms with Crippen molar-refractivity contribution < 1.29 is 14.3 Å². The van der Waals surface area contributed by atoms with Crippen molar-refractivity contribution in [3.63, 3.8) is 0 Å². The molecule has 0 radical (unpaired) electrons. The van der Waals surface area contributed by atoms with E-state index in [1.165, 1.54) is 25.8 Å². The first-order chi connectivity index (χ1) is 13.5. The van der Waals surface area contributed by atoms with Gasteiger partial charge in [-0.3, -0.25) is 4.79 Å². The van der Waals surface area contributed by atoms with Crippen LogP contribution < -0.4 is 10.1 Å². The monoisotopic (exact) mass is 390 g/mol. The second kappa shape index (κ2) is 11.4. The Morgan fingerprint density at radius 3 is 2.64 bits per heavy atom. The van der Waals surface area contributed by atoms with Gasteiger partial charge in [0.2, 0.25) is 0 Å². The maximum atomic E-state index is 12.6. The summed E-state index contributed by atoms with van der Waals surface area (Å²) >= 11 is 0. The second-order valence-corrected chi connectivity index (χ2v) is 7.98. The first-order valence-electron chi connectivity index (χ1n) is 10.9. The fraction of sp³-hybridized carbons (Fsp3) is 0.696. The van der Waals surface area contributed by atoms with Crippen LogP contribution in [-0.4, -0.2) is 48.8 Å². The maximum absolute atomic E-state index is 12.6. The highest BCUT2D eigenvalue weighted by atomic mass is 16.5. The van der Waals surface area contributed by atoms with Crippen molar-refractivity contribution in [1.82, 2.24) is 4.90 Å². The Hall–Kier alpha value is -1.59. The molecule has 0 bridgehead atoms. The highest BCUT2D eigenvalue weighted by molar-refractivity contribution is 5.97. The molecule has 28 heavy (non-hydrogen) atoms. The Bertz CT molecular complexity index is 582. The lowest BCUT2D eigenvalue weighted by atomic mass is 9.99. The zero-order valence-corrected chi connectivity index (χ0v) is 18.1. The largest absolute Gasteiger partial charge is 0.494 e. The number of amides is 1. The fourth-order valence-corrected chi connectivity index (χ4v) is 3.89. The third-order valence-corrected chi connectivity index (χ3v) is 5.58. The Morgan fingerprint density at radius 1 is 1.25 bits per heavy atom. The topological polar surface area (TPSA) is 50.8 Å². The number of piperidine rings is 1. The third kappa shape index (κ3) is 6.78. The maximum Gasteiger partial charge on any atom is 0.256 e. The van der Waals surface area contributed by atoms with Crippen molar-refractivity contribution in [2.75, 3.05) is 31.6 Å². The number of rotatable bonds is 11. The number of ether oxygens (including phenoxy) is 2. The van der Waals surface area contributed by atoms with E-state index in [1.807, 2.05) is 38.1 Å². The lowest BCUT2D eigenvalue weighted by molar-refractivity contribution is -0.139. The van der Waals surface area contributed by atoms with Crippen LogP contribution >= 0.6 is 0 Å². The molecule has 1 aromatic carbocycles. The summed E-state index contributed by atoms with van der Waals surface area (Å²) in [6.07, 6.45) is 6.62. The van der Waals surface area contributed by atoms with E-state index in [2.05, 4.69) is 24.1 Å². The smallest absolute Gasteiger partial charge is 0.256 e. The number of hydrogen-bond acceptors (Lipinski definition) is 4. The van der Waals surface area contributed by atoms with Crippen molar-refractivity contribution in [2.24, 2.45) is 0 Å². The van der Waals surface area contributed by atoms with Crippen molar-refractivity contribution in [3.8, 4) is 5.75 Å². The number of anilines is 1. The van der Waals surface area contributed by atoms with Crippen LogP contribution in [-0.2, 0) is 9.53 Å². The van der Waals surface area contributed by atoms with Gasteiger partial charge in [-0.1, -0.05) is 19.8 Å². The number of nitrogens with zero attached hydrogens (tertiary/aromatic N) is 1. The normalized spacial score (nSPS) is 19.8. The molecule has 158 valence electrons. The Balaban J connectivity index is 1.77. The Morgan fingerprint density at radius 2 is 2.00 bits per heavy atom. The van der Waals surface area contributed by atoms with E-state index in [0.717, 1.165) is 30.8 Å². The summed E-state index contributed by atoms with van der Waals surface area (Å²) in [5.41, 5.74) is -0.0221.